The Morgan fingerprint density at radius 2 is 1.31 bits per heavy atom. The largest absolute Gasteiger partial charge is 0.384 e. The number of aliphatic hydroxyl groups is 1. The fourth-order valence-corrected chi connectivity index (χ4v) is 6.40. The predicted molar refractivity (Wildman–Crippen MR) is 191 cm³/mol. The zero-order chi connectivity index (χ0) is 34.2. The quantitative estimate of drug-likeness (QED) is 0.165. The topological polar surface area (TPSA) is 66.4 Å². The van der Waals surface area contributed by atoms with E-state index in [-0.39, 0.29) is 6.61 Å². The van der Waals surface area contributed by atoms with Crippen molar-refractivity contribution in [2.24, 2.45) is 0 Å². The summed E-state index contributed by atoms with van der Waals surface area (Å²) in [7, 11) is 0. The van der Waals surface area contributed by atoms with E-state index in [9.17, 15) is 5.11 Å². The average molecular weight is 659 g/mol. The Labute approximate surface area is 290 Å². The summed E-state index contributed by atoms with van der Waals surface area (Å²) in [5.41, 5.74) is 7.44. The highest BCUT2D eigenvalue weighted by atomic mass is 16.7. The first-order valence-electron chi connectivity index (χ1n) is 16.9. The summed E-state index contributed by atoms with van der Waals surface area (Å²) >= 11 is 0. The normalized spacial score (nSPS) is 25.6. The first-order valence-corrected chi connectivity index (χ1v) is 16.9. The molecule has 0 bridgehead atoms. The molecule has 0 amide bonds. The highest BCUT2D eigenvalue weighted by Crippen LogP contribution is 2.47. The Morgan fingerprint density at radius 1 is 0.796 bits per heavy atom. The summed E-state index contributed by atoms with van der Waals surface area (Å²) in [5, 5.41) is 11.0. The highest BCUT2D eigenvalue weighted by molar-refractivity contribution is 5.44. The lowest BCUT2D eigenvalue weighted by molar-refractivity contribution is -0.350. The number of ether oxygens (including phenoxy) is 5. The zero-order valence-electron chi connectivity index (χ0n) is 28.5. The first kappa shape index (κ1) is 34.7. The second kappa shape index (κ2) is 16.0. The molecule has 2 aliphatic heterocycles. The molecular weight excluding hydrogens is 612 g/mol. The smallest absolute Gasteiger partial charge is 0.225 e. The molecule has 2 heterocycles. The van der Waals surface area contributed by atoms with Gasteiger partial charge in [0.2, 0.25) is 5.79 Å². The van der Waals surface area contributed by atoms with Crippen LogP contribution in [0.25, 0.3) is 0 Å². The minimum absolute atomic E-state index is 0.266. The van der Waals surface area contributed by atoms with E-state index in [1.54, 1.807) is 0 Å². The second-order valence-corrected chi connectivity index (χ2v) is 12.9. The van der Waals surface area contributed by atoms with Crippen LogP contribution < -0.4 is 0 Å². The van der Waals surface area contributed by atoms with E-state index in [1.165, 1.54) is 0 Å². The van der Waals surface area contributed by atoms with E-state index in [0.717, 1.165) is 39.0 Å². The van der Waals surface area contributed by atoms with Crippen molar-refractivity contribution in [2.75, 3.05) is 6.61 Å². The maximum Gasteiger partial charge on any atom is 0.225 e. The molecular formula is C43H46O6. The SMILES string of the molecule is C=C1/C(=C\C=C(/C)C(O)c2ccc(C)cc2)CO[C@]12O[C@H](C)[C@@H](OCc1ccccc1)[C@H](OCc1ccccc1)[C@H]2OCc1ccccc1. The van der Waals surface area contributed by atoms with Crippen molar-refractivity contribution in [3.63, 3.8) is 0 Å². The van der Waals surface area contributed by atoms with E-state index in [0.29, 0.717) is 25.4 Å². The van der Waals surface area contributed by atoms with Crippen molar-refractivity contribution < 1.29 is 28.8 Å². The van der Waals surface area contributed by atoms with Crippen LogP contribution >= 0.6 is 0 Å². The third kappa shape index (κ3) is 8.19. The number of rotatable bonds is 12. The third-order valence-corrected chi connectivity index (χ3v) is 9.29. The van der Waals surface area contributed by atoms with Crippen LogP contribution in [0.1, 0.15) is 47.8 Å². The molecule has 1 N–H and O–H groups in total. The van der Waals surface area contributed by atoms with Gasteiger partial charge in [0.1, 0.15) is 24.4 Å². The molecule has 49 heavy (non-hydrogen) atoms. The third-order valence-electron chi connectivity index (χ3n) is 9.29. The molecule has 0 aromatic heterocycles. The van der Waals surface area contributed by atoms with Crippen molar-refractivity contribution in [3.8, 4) is 0 Å². The number of hydrogen-bond donors (Lipinski definition) is 1. The molecule has 0 radical (unpaired) electrons. The summed E-state index contributed by atoms with van der Waals surface area (Å²) in [6.07, 6.45) is 0.999. The van der Waals surface area contributed by atoms with Gasteiger partial charge >= 0.3 is 0 Å². The van der Waals surface area contributed by atoms with Gasteiger partial charge in [0.05, 0.1) is 32.5 Å². The lowest BCUT2D eigenvalue weighted by Gasteiger charge is -2.50. The Morgan fingerprint density at radius 3 is 1.86 bits per heavy atom. The molecule has 6 heteroatoms. The van der Waals surface area contributed by atoms with Gasteiger partial charge in [-0.25, -0.2) is 0 Å². The van der Waals surface area contributed by atoms with Crippen LogP contribution in [0, 0.1) is 6.92 Å². The van der Waals surface area contributed by atoms with E-state index in [2.05, 4.69) is 6.58 Å². The van der Waals surface area contributed by atoms with E-state index >= 15 is 0 Å². The van der Waals surface area contributed by atoms with Gasteiger partial charge in [0, 0.05) is 5.57 Å². The Balaban J connectivity index is 1.32. The Hall–Kier alpha value is -4.14. The summed E-state index contributed by atoms with van der Waals surface area (Å²) in [5.74, 6) is -1.31. The number of aliphatic hydroxyl groups excluding tert-OH is 1. The number of allylic oxidation sites excluding steroid dienone is 2. The van der Waals surface area contributed by atoms with Crippen LogP contribution in [-0.2, 0) is 43.5 Å². The first-order chi connectivity index (χ1) is 23.8. The Bertz CT molecular complexity index is 1720. The predicted octanol–water partition coefficient (Wildman–Crippen LogP) is 8.36. The van der Waals surface area contributed by atoms with Gasteiger partial charge < -0.3 is 28.8 Å². The fraction of sp³-hybridized carbons (Fsp3) is 0.302. The minimum Gasteiger partial charge on any atom is -0.384 e. The molecule has 2 aliphatic rings. The molecule has 6 nitrogen and oxygen atoms in total. The van der Waals surface area contributed by atoms with Gasteiger partial charge in [-0.15, -0.1) is 0 Å². The molecule has 6 rings (SSSR count). The summed E-state index contributed by atoms with van der Waals surface area (Å²) < 4.78 is 33.6. The maximum absolute atomic E-state index is 11.0. The van der Waals surface area contributed by atoms with E-state index < -0.39 is 36.3 Å². The van der Waals surface area contributed by atoms with Crippen molar-refractivity contribution in [2.45, 2.75) is 76.9 Å². The average Bonchev–Trinajstić information content (AvgIpc) is 3.44. The number of hydrogen-bond acceptors (Lipinski definition) is 6. The summed E-state index contributed by atoms with van der Waals surface area (Å²) in [6.45, 7) is 11.8. The molecule has 2 saturated heterocycles. The second-order valence-electron chi connectivity index (χ2n) is 12.9. The van der Waals surface area contributed by atoms with Crippen LogP contribution in [0.2, 0.25) is 0 Å². The highest BCUT2D eigenvalue weighted by Gasteiger charge is 2.60. The molecule has 4 aromatic rings. The van der Waals surface area contributed by atoms with Gasteiger partial charge in [-0.2, -0.15) is 0 Å². The van der Waals surface area contributed by atoms with Crippen LogP contribution in [0.4, 0.5) is 0 Å². The molecule has 2 fully saturated rings. The zero-order valence-corrected chi connectivity index (χ0v) is 28.5. The van der Waals surface area contributed by atoms with Crippen molar-refractivity contribution in [3.05, 3.63) is 179 Å². The van der Waals surface area contributed by atoms with Gasteiger partial charge in [-0.05, 0) is 54.2 Å². The van der Waals surface area contributed by atoms with Crippen LogP contribution in [0.3, 0.4) is 0 Å². The Kier molecular flexibility index (Phi) is 11.4. The molecule has 0 saturated carbocycles. The van der Waals surface area contributed by atoms with Crippen LogP contribution in [0.15, 0.2) is 151 Å². The maximum atomic E-state index is 11.0. The van der Waals surface area contributed by atoms with Crippen molar-refractivity contribution in [1.82, 2.24) is 0 Å². The monoisotopic (exact) mass is 658 g/mol. The van der Waals surface area contributed by atoms with Gasteiger partial charge in [-0.1, -0.05) is 140 Å². The molecule has 254 valence electrons. The summed E-state index contributed by atoms with van der Waals surface area (Å²) in [6, 6.07) is 38.1. The molecule has 6 atom stereocenters. The number of aryl methyl sites for hydroxylation is 1. The molecule has 1 unspecified atom stereocenters. The lowest BCUT2D eigenvalue weighted by Crippen LogP contribution is -2.66. The summed E-state index contributed by atoms with van der Waals surface area (Å²) in [4.78, 5) is 0. The minimum atomic E-state index is -1.31. The standard InChI is InChI=1S/C43H46O6/c1-30-20-23-37(24-21-30)39(44)31(2)22-25-38-29-48-43(32(38)3)42(47-28-36-18-12-7-13-19-36)41(46-27-35-16-10-6-11-17-35)40(33(4)49-43)45-26-34-14-8-5-9-15-34/h5-25,33,39-42,44H,3,26-29H2,1-2,4H3/b31-22+,38-25-/t33-,39?,40-,41+,42-,43+/m1/s1. The lowest BCUT2D eigenvalue weighted by atomic mass is 9.86. The molecule has 4 aromatic carbocycles. The van der Waals surface area contributed by atoms with Gasteiger partial charge in [-0.3, -0.25) is 0 Å². The van der Waals surface area contributed by atoms with Crippen molar-refractivity contribution in [1.29, 1.82) is 0 Å². The number of benzene rings is 4. The van der Waals surface area contributed by atoms with Crippen molar-refractivity contribution >= 4 is 0 Å². The van der Waals surface area contributed by atoms with Crippen LogP contribution in [-0.4, -0.2) is 41.9 Å². The van der Waals surface area contributed by atoms with Gasteiger partial charge in [0.15, 0.2) is 0 Å². The van der Waals surface area contributed by atoms with E-state index in [1.807, 2.05) is 148 Å². The molecule has 1 spiro atoms. The molecule has 0 aliphatic carbocycles. The van der Waals surface area contributed by atoms with Crippen LogP contribution in [0.5, 0.6) is 0 Å². The van der Waals surface area contributed by atoms with Gasteiger partial charge in [0.25, 0.3) is 0 Å². The fourth-order valence-electron chi connectivity index (χ4n) is 6.40. The van der Waals surface area contributed by atoms with E-state index in [4.69, 9.17) is 23.7 Å².